The molecule has 16 heavy (non-hydrogen) atoms. The fourth-order valence-electron chi connectivity index (χ4n) is 2.19. The number of carbonyl (C=O) groups excluding carboxylic acids is 2. The van der Waals surface area contributed by atoms with Crippen LogP contribution in [0.5, 0.6) is 0 Å². The molecule has 2 saturated heterocycles. The number of piperidine rings is 1. The predicted octanol–water partition coefficient (Wildman–Crippen LogP) is -0.240. The summed E-state index contributed by atoms with van der Waals surface area (Å²) in [6.07, 6.45) is 0.971. The molecule has 0 aromatic carbocycles. The van der Waals surface area contributed by atoms with Crippen molar-refractivity contribution < 1.29 is 14.3 Å². The quantitative estimate of drug-likeness (QED) is 0.660. The summed E-state index contributed by atoms with van der Waals surface area (Å²) in [6.45, 7) is 4.46. The fourth-order valence-corrected chi connectivity index (χ4v) is 2.19. The smallest absolute Gasteiger partial charge is 0.229 e. The number of hydrogen-bond donors (Lipinski definition) is 1. The zero-order valence-corrected chi connectivity index (χ0v) is 9.57. The van der Waals surface area contributed by atoms with E-state index in [1.807, 2.05) is 6.92 Å². The molecule has 2 amide bonds. The van der Waals surface area contributed by atoms with Gasteiger partial charge < -0.3 is 10.1 Å². The Balaban J connectivity index is 1.92. The second kappa shape index (κ2) is 4.93. The van der Waals surface area contributed by atoms with E-state index in [2.05, 4.69) is 5.32 Å². The molecule has 0 spiro atoms. The topological polar surface area (TPSA) is 58.6 Å². The zero-order valence-electron chi connectivity index (χ0n) is 9.57. The third-order valence-electron chi connectivity index (χ3n) is 3.05. The lowest BCUT2D eigenvalue weighted by Crippen LogP contribution is -2.53. The van der Waals surface area contributed by atoms with Crippen molar-refractivity contribution in [1.82, 2.24) is 10.2 Å². The van der Waals surface area contributed by atoms with Crippen molar-refractivity contribution in [1.29, 1.82) is 0 Å². The summed E-state index contributed by atoms with van der Waals surface area (Å²) in [5.74, 6) is 0.0964. The van der Waals surface area contributed by atoms with Crippen molar-refractivity contribution in [2.75, 3.05) is 26.3 Å². The normalized spacial score (nSPS) is 28.6. The molecule has 5 heteroatoms. The molecule has 2 aliphatic rings. The number of carbonyl (C=O) groups is 2. The summed E-state index contributed by atoms with van der Waals surface area (Å²) in [7, 11) is 0. The van der Waals surface area contributed by atoms with Crippen molar-refractivity contribution in [3.05, 3.63) is 0 Å². The molecule has 1 unspecified atom stereocenters. The van der Waals surface area contributed by atoms with Crippen LogP contribution in [0.2, 0.25) is 0 Å². The highest BCUT2D eigenvalue weighted by molar-refractivity contribution is 5.97. The summed E-state index contributed by atoms with van der Waals surface area (Å²) < 4.78 is 5.30. The van der Waals surface area contributed by atoms with Gasteiger partial charge in [-0.15, -0.1) is 0 Å². The van der Waals surface area contributed by atoms with Crippen molar-refractivity contribution in [3.8, 4) is 0 Å². The van der Waals surface area contributed by atoms with E-state index in [1.165, 1.54) is 4.90 Å². The number of nitrogens with zero attached hydrogens (tertiary/aromatic N) is 1. The van der Waals surface area contributed by atoms with Crippen LogP contribution in [0.15, 0.2) is 0 Å². The van der Waals surface area contributed by atoms with Gasteiger partial charge in [-0.3, -0.25) is 14.5 Å². The Kier molecular flexibility index (Phi) is 3.56. The molecule has 2 heterocycles. The van der Waals surface area contributed by atoms with E-state index in [-0.39, 0.29) is 23.8 Å². The first-order valence-corrected chi connectivity index (χ1v) is 5.81. The van der Waals surface area contributed by atoms with Gasteiger partial charge in [-0.05, 0) is 5.92 Å². The SMILES string of the molecule is CC1CC(=O)N(CC2COCCN2)C(=O)C1. The van der Waals surface area contributed by atoms with E-state index in [4.69, 9.17) is 4.74 Å². The highest BCUT2D eigenvalue weighted by Crippen LogP contribution is 2.19. The molecule has 0 aromatic heterocycles. The molecule has 1 atom stereocenters. The lowest BCUT2D eigenvalue weighted by atomic mass is 9.97. The summed E-state index contributed by atoms with van der Waals surface area (Å²) >= 11 is 0. The van der Waals surface area contributed by atoms with E-state index < -0.39 is 0 Å². The van der Waals surface area contributed by atoms with E-state index >= 15 is 0 Å². The Morgan fingerprint density at radius 3 is 2.62 bits per heavy atom. The van der Waals surface area contributed by atoms with Crippen LogP contribution in [0.1, 0.15) is 19.8 Å². The van der Waals surface area contributed by atoms with E-state index in [9.17, 15) is 9.59 Å². The fraction of sp³-hybridized carbons (Fsp3) is 0.818. The van der Waals surface area contributed by atoms with Crippen LogP contribution >= 0.6 is 0 Å². The van der Waals surface area contributed by atoms with Crippen LogP contribution in [-0.4, -0.2) is 49.1 Å². The van der Waals surface area contributed by atoms with Gasteiger partial charge in [-0.1, -0.05) is 6.92 Å². The number of likely N-dealkylation sites (tertiary alicyclic amines) is 1. The van der Waals surface area contributed by atoms with Gasteiger partial charge in [-0.2, -0.15) is 0 Å². The molecular formula is C11H18N2O3. The molecule has 0 radical (unpaired) electrons. The molecule has 2 aliphatic heterocycles. The van der Waals surface area contributed by atoms with Crippen molar-refractivity contribution in [2.45, 2.75) is 25.8 Å². The standard InChI is InChI=1S/C11H18N2O3/c1-8-4-10(14)13(11(15)5-8)6-9-7-16-3-2-12-9/h8-9,12H,2-7H2,1H3. The number of amides is 2. The van der Waals surface area contributed by atoms with Crippen molar-refractivity contribution >= 4 is 11.8 Å². The van der Waals surface area contributed by atoms with E-state index in [1.54, 1.807) is 0 Å². The van der Waals surface area contributed by atoms with Crippen LogP contribution in [0.3, 0.4) is 0 Å². The van der Waals surface area contributed by atoms with E-state index in [0.29, 0.717) is 32.6 Å². The lowest BCUT2D eigenvalue weighted by Gasteiger charge is -2.33. The Bertz CT molecular complexity index is 269. The molecule has 2 fully saturated rings. The molecular weight excluding hydrogens is 208 g/mol. The Labute approximate surface area is 95.1 Å². The minimum absolute atomic E-state index is 0.0453. The highest BCUT2D eigenvalue weighted by Gasteiger charge is 2.32. The summed E-state index contributed by atoms with van der Waals surface area (Å²) in [6, 6.07) is 0.0926. The van der Waals surface area contributed by atoms with Crippen LogP contribution in [-0.2, 0) is 14.3 Å². The van der Waals surface area contributed by atoms with Gasteiger partial charge in [0.05, 0.1) is 13.2 Å². The average Bonchev–Trinajstić information content (AvgIpc) is 2.25. The van der Waals surface area contributed by atoms with Crippen LogP contribution in [0.4, 0.5) is 0 Å². The molecule has 0 aromatic rings. The molecule has 1 N–H and O–H groups in total. The van der Waals surface area contributed by atoms with Crippen molar-refractivity contribution in [2.24, 2.45) is 5.92 Å². The Hall–Kier alpha value is -0.940. The minimum atomic E-state index is -0.0453. The largest absolute Gasteiger partial charge is 0.378 e. The van der Waals surface area contributed by atoms with Gasteiger partial charge in [0, 0.05) is 32.0 Å². The Morgan fingerprint density at radius 1 is 1.38 bits per heavy atom. The maximum Gasteiger partial charge on any atom is 0.229 e. The third kappa shape index (κ3) is 2.59. The minimum Gasteiger partial charge on any atom is -0.378 e. The molecule has 90 valence electrons. The predicted molar refractivity (Wildman–Crippen MR) is 57.7 cm³/mol. The number of rotatable bonds is 2. The van der Waals surface area contributed by atoms with Gasteiger partial charge in [0.1, 0.15) is 0 Å². The van der Waals surface area contributed by atoms with Crippen LogP contribution < -0.4 is 5.32 Å². The number of morpholine rings is 1. The first-order chi connectivity index (χ1) is 7.66. The molecule has 0 bridgehead atoms. The van der Waals surface area contributed by atoms with Crippen LogP contribution in [0, 0.1) is 5.92 Å². The average molecular weight is 226 g/mol. The summed E-state index contributed by atoms with van der Waals surface area (Å²) in [4.78, 5) is 24.8. The molecule has 5 nitrogen and oxygen atoms in total. The lowest BCUT2D eigenvalue weighted by molar-refractivity contribution is -0.150. The molecule has 2 rings (SSSR count). The number of imide groups is 1. The van der Waals surface area contributed by atoms with Crippen molar-refractivity contribution in [3.63, 3.8) is 0 Å². The summed E-state index contributed by atoms with van der Waals surface area (Å²) in [5.41, 5.74) is 0. The second-order valence-electron chi connectivity index (χ2n) is 4.64. The highest BCUT2D eigenvalue weighted by atomic mass is 16.5. The maximum atomic E-state index is 11.7. The first-order valence-electron chi connectivity index (χ1n) is 5.81. The zero-order chi connectivity index (χ0) is 11.5. The van der Waals surface area contributed by atoms with Gasteiger partial charge >= 0.3 is 0 Å². The van der Waals surface area contributed by atoms with Gasteiger partial charge in [0.2, 0.25) is 11.8 Å². The number of ether oxygens (including phenoxy) is 1. The second-order valence-corrected chi connectivity index (χ2v) is 4.64. The van der Waals surface area contributed by atoms with Gasteiger partial charge in [-0.25, -0.2) is 0 Å². The third-order valence-corrected chi connectivity index (χ3v) is 3.05. The molecule has 0 saturated carbocycles. The van der Waals surface area contributed by atoms with Gasteiger partial charge in [0.15, 0.2) is 0 Å². The molecule has 0 aliphatic carbocycles. The Morgan fingerprint density at radius 2 is 2.06 bits per heavy atom. The van der Waals surface area contributed by atoms with Crippen LogP contribution in [0.25, 0.3) is 0 Å². The maximum absolute atomic E-state index is 11.7. The summed E-state index contributed by atoms with van der Waals surface area (Å²) in [5, 5.41) is 3.25. The first kappa shape index (κ1) is 11.5. The monoisotopic (exact) mass is 226 g/mol. The van der Waals surface area contributed by atoms with Gasteiger partial charge in [0.25, 0.3) is 0 Å². The van der Waals surface area contributed by atoms with E-state index in [0.717, 1.165) is 6.54 Å². The number of nitrogens with one attached hydrogen (secondary N) is 1. The number of hydrogen-bond acceptors (Lipinski definition) is 4.